The summed E-state index contributed by atoms with van der Waals surface area (Å²) in [6, 6.07) is 0. The number of unbranched alkanes of at least 4 members (excludes halogenated alkanes) is 10. The number of hydrogen-bond donors (Lipinski definition) is 4. The quantitative estimate of drug-likeness (QED) is 0.0283. The van der Waals surface area contributed by atoms with Gasteiger partial charge in [-0.25, -0.2) is 0 Å². The molecule has 1 aliphatic rings. The highest BCUT2D eigenvalue weighted by Crippen LogP contribution is 2.23. The summed E-state index contributed by atoms with van der Waals surface area (Å²) in [4.78, 5) is 25.1. The summed E-state index contributed by atoms with van der Waals surface area (Å²) in [5, 5.41) is 40.1. The van der Waals surface area contributed by atoms with Crippen LogP contribution in [0, 0.1) is 5.92 Å². The molecule has 56 heavy (non-hydrogen) atoms. The van der Waals surface area contributed by atoms with E-state index < -0.39 is 43.2 Å². The number of hydrogen-bond acceptors (Lipinski definition) is 10. The average Bonchev–Trinajstić information content (AvgIpc) is 3.20. The van der Waals surface area contributed by atoms with Gasteiger partial charge in [0, 0.05) is 12.8 Å². The highest BCUT2D eigenvalue weighted by Gasteiger charge is 2.44. The molecule has 0 radical (unpaired) electrons. The van der Waals surface area contributed by atoms with Crippen LogP contribution in [0.15, 0.2) is 72.9 Å². The number of esters is 2. The fourth-order valence-electron chi connectivity index (χ4n) is 5.92. The molecule has 320 valence electrons. The first kappa shape index (κ1) is 51.2. The number of aliphatic hydroxyl groups is 4. The third kappa shape index (κ3) is 27.7. The van der Waals surface area contributed by atoms with Gasteiger partial charge < -0.3 is 39.4 Å². The molecule has 0 aromatic carbocycles. The van der Waals surface area contributed by atoms with Crippen molar-refractivity contribution in [1.29, 1.82) is 0 Å². The van der Waals surface area contributed by atoms with Crippen LogP contribution >= 0.6 is 0 Å². The van der Waals surface area contributed by atoms with Gasteiger partial charge in [0.1, 0.15) is 24.4 Å². The van der Waals surface area contributed by atoms with Crippen LogP contribution in [0.4, 0.5) is 0 Å². The molecule has 4 N–H and O–H groups in total. The Balaban J connectivity index is 2.37. The molecule has 1 aliphatic heterocycles. The molecule has 1 saturated heterocycles. The molecule has 10 heteroatoms. The van der Waals surface area contributed by atoms with E-state index in [0.29, 0.717) is 0 Å². The van der Waals surface area contributed by atoms with Crippen molar-refractivity contribution in [3.05, 3.63) is 72.9 Å². The van der Waals surface area contributed by atoms with Crippen LogP contribution in [-0.4, -0.2) is 89.5 Å². The molecule has 0 aromatic heterocycles. The van der Waals surface area contributed by atoms with Crippen molar-refractivity contribution in [1.82, 2.24) is 0 Å². The zero-order valence-electron chi connectivity index (χ0n) is 34.6. The molecule has 0 aromatic rings. The SMILES string of the molecule is CC/C=C/C/C=C/C/C=C/CCCCCCCC(=O)OCC(COC(=O)CCCCCCC/C=C/C/C=C/C/C=C/CC)CO[C@@H]1O[C@H](CO)[C@H](O)[C@H](O)[C@H]1O. The lowest BCUT2D eigenvalue weighted by atomic mass is 9.99. The van der Waals surface area contributed by atoms with Crippen LogP contribution < -0.4 is 0 Å². The molecule has 1 heterocycles. The first-order chi connectivity index (χ1) is 27.3. The third-order valence-electron chi connectivity index (χ3n) is 9.37. The Bertz CT molecular complexity index is 1070. The van der Waals surface area contributed by atoms with Crippen molar-refractivity contribution in [3.8, 4) is 0 Å². The van der Waals surface area contributed by atoms with E-state index in [2.05, 4.69) is 86.8 Å². The molecule has 0 bridgehead atoms. The Hall–Kier alpha value is -2.86. The summed E-state index contributed by atoms with van der Waals surface area (Å²) in [6.07, 6.45) is 37.8. The second-order valence-electron chi connectivity index (χ2n) is 14.5. The highest BCUT2D eigenvalue weighted by molar-refractivity contribution is 5.69. The van der Waals surface area contributed by atoms with E-state index in [1.807, 2.05) is 0 Å². The van der Waals surface area contributed by atoms with Crippen molar-refractivity contribution in [2.24, 2.45) is 5.92 Å². The van der Waals surface area contributed by atoms with Gasteiger partial charge >= 0.3 is 11.9 Å². The zero-order valence-corrected chi connectivity index (χ0v) is 34.6. The van der Waals surface area contributed by atoms with Gasteiger partial charge in [-0.15, -0.1) is 0 Å². The average molecular weight is 789 g/mol. The third-order valence-corrected chi connectivity index (χ3v) is 9.37. The molecule has 0 spiro atoms. The van der Waals surface area contributed by atoms with E-state index in [0.717, 1.165) is 116 Å². The Labute approximate surface area is 338 Å². The maximum absolute atomic E-state index is 12.6. The predicted octanol–water partition coefficient (Wildman–Crippen LogP) is 8.68. The van der Waals surface area contributed by atoms with Gasteiger partial charge in [0.05, 0.1) is 32.3 Å². The fourth-order valence-corrected chi connectivity index (χ4v) is 5.92. The predicted molar refractivity (Wildman–Crippen MR) is 224 cm³/mol. The minimum Gasteiger partial charge on any atom is -0.465 e. The van der Waals surface area contributed by atoms with Crippen molar-refractivity contribution in [2.45, 2.75) is 173 Å². The number of aliphatic hydroxyl groups excluding tert-OH is 4. The lowest BCUT2D eigenvalue weighted by molar-refractivity contribution is -0.304. The molecule has 0 amide bonds. The van der Waals surface area contributed by atoms with Crippen LogP contribution in [0.25, 0.3) is 0 Å². The monoisotopic (exact) mass is 789 g/mol. The number of ether oxygens (including phenoxy) is 4. The molecule has 1 rings (SSSR count). The molecular formula is C46H76O10. The Morgan fingerprint density at radius 2 is 0.946 bits per heavy atom. The first-order valence-electron chi connectivity index (χ1n) is 21.5. The standard InChI is InChI=1S/C46H76O10/c1-3-5-7-9-11-13-15-17-19-21-23-25-27-29-31-33-41(48)53-36-39(38-55-46-45(52)44(51)43(50)40(35-47)56-46)37-54-42(49)34-32-30-28-26-24-22-20-18-16-14-12-10-8-6-4-2/h5-8,11-14,17-20,39-40,43-47,50-52H,3-4,9-10,15-16,21-38H2,1-2H3/b7-5+,8-6+,13-11+,14-12+,19-17+,20-18+/t40-,43+,44+,45-,46-/m1/s1. The van der Waals surface area contributed by atoms with Crippen LogP contribution in [-0.2, 0) is 28.5 Å². The molecule has 0 saturated carbocycles. The second-order valence-corrected chi connectivity index (χ2v) is 14.5. The number of carbonyl (C=O) groups excluding carboxylic acids is 2. The first-order valence-corrected chi connectivity index (χ1v) is 21.5. The molecule has 5 atom stereocenters. The molecule has 0 aliphatic carbocycles. The Kier molecular flexibility index (Phi) is 33.3. The van der Waals surface area contributed by atoms with Crippen LogP contribution in [0.2, 0.25) is 0 Å². The van der Waals surface area contributed by atoms with E-state index in [1.54, 1.807) is 0 Å². The summed E-state index contributed by atoms with van der Waals surface area (Å²) in [5.74, 6) is -1.26. The normalized spacial score (nSPS) is 20.7. The fraction of sp³-hybridized carbons (Fsp3) is 0.696. The molecule has 0 unspecified atom stereocenters. The summed E-state index contributed by atoms with van der Waals surface area (Å²) in [5.41, 5.74) is 0. The van der Waals surface area contributed by atoms with E-state index in [1.165, 1.54) is 0 Å². The van der Waals surface area contributed by atoms with Crippen molar-refractivity contribution < 1.29 is 49.0 Å². The van der Waals surface area contributed by atoms with E-state index in [-0.39, 0.29) is 44.6 Å². The number of rotatable bonds is 34. The number of allylic oxidation sites excluding steroid dienone is 12. The highest BCUT2D eigenvalue weighted by atomic mass is 16.7. The molecular weight excluding hydrogens is 712 g/mol. The summed E-state index contributed by atoms with van der Waals surface area (Å²) in [6.45, 7) is 3.43. The lowest BCUT2D eigenvalue weighted by Gasteiger charge is -2.39. The maximum Gasteiger partial charge on any atom is 0.305 e. The van der Waals surface area contributed by atoms with Gasteiger partial charge in [0.25, 0.3) is 0 Å². The zero-order chi connectivity index (χ0) is 40.9. The van der Waals surface area contributed by atoms with Gasteiger partial charge in [-0.05, 0) is 77.0 Å². The van der Waals surface area contributed by atoms with Gasteiger partial charge in [-0.3, -0.25) is 9.59 Å². The Morgan fingerprint density at radius 1 is 0.536 bits per heavy atom. The lowest BCUT2D eigenvalue weighted by Crippen LogP contribution is -2.59. The van der Waals surface area contributed by atoms with Gasteiger partial charge in [-0.1, -0.05) is 125 Å². The summed E-state index contributed by atoms with van der Waals surface area (Å²) < 4.78 is 22.2. The summed E-state index contributed by atoms with van der Waals surface area (Å²) in [7, 11) is 0. The minimum atomic E-state index is -1.58. The second kappa shape index (κ2) is 36.5. The molecule has 10 nitrogen and oxygen atoms in total. The molecule has 1 fully saturated rings. The smallest absolute Gasteiger partial charge is 0.305 e. The van der Waals surface area contributed by atoms with Crippen molar-refractivity contribution in [3.63, 3.8) is 0 Å². The van der Waals surface area contributed by atoms with E-state index >= 15 is 0 Å². The van der Waals surface area contributed by atoms with E-state index in [4.69, 9.17) is 18.9 Å². The number of carbonyl (C=O) groups is 2. The van der Waals surface area contributed by atoms with Crippen LogP contribution in [0.5, 0.6) is 0 Å². The maximum atomic E-state index is 12.6. The van der Waals surface area contributed by atoms with E-state index in [9.17, 15) is 30.0 Å². The summed E-state index contributed by atoms with van der Waals surface area (Å²) >= 11 is 0. The van der Waals surface area contributed by atoms with Crippen molar-refractivity contribution in [2.75, 3.05) is 26.4 Å². The van der Waals surface area contributed by atoms with Gasteiger partial charge in [0.2, 0.25) is 0 Å². The Morgan fingerprint density at radius 3 is 1.39 bits per heavy atom. The van der Waals surface area contributed by atoms with Crippen LogP contribution in [0.3, 0.4) is 0 Å². The van der Waals surface area contributed by atoms with Crippen LogP contribution in [0.1, 0.15) is 142 Å². The minimum absolute atomic E-state index is 0.0679. The van der Waals surface area contributed by atoms with Gasteiger partial charge in [-0.2, -0.15) is 0 Å². The van der Waals surface area contributed by atoms with Gasteiger partial charge in [0.15, 0.2) is 6.29 Å². The topological polar surface area (TPSA) is 152 Å². The van der Waals surface area contributed by atoms with Crippen molar-refractivity contribution >= 4 is 11.9 Å². The largest absolute Gasteiger partial charge is 0.465 e.